The summed E-state index contributed by atoms with van der Waals surface area (Å²) in [5.41, 5.74) is 1.47. The van der Waals surface area contributed by atoms with Gasteiger partial charge in [0, 0.05) is 31.1 Å². The first-order valence-electron chi connectivity index (χ1n) is 6.91. The molecule has 3 saturated heterocycles. The normalized spacial score (nSPS) is 33.6. The topological polar surface area (TPSA) is 3.24 Å². The summed E-state index contributed by atoms with van der Waals surface area (Å²) in [6, 6.07) is 10.9. The summed E-state index contributed by atoms with van der Waals surface area (Å²) in [5, 5.41) is 0. The van der Waals surface area contributed by atoms with Gasteiger partial charge in [0.05, 0.1) is 4.08 Å². The molecule has 1 spiro atoms. The number of hydrogen-bond donors (Lipinski definition) is 0. The SMILES string of the molecule is c1ccc(CN2CC3CC(C2)C32SCCS2)cc1. The van der Waals surface area contributed by atoms with Gasteiger partial charge in [-0.1, -0.05) is 30.3 Å². The van der Waals surface area contributed by atoms with E-state index in [0.29, 0.717) is 4.08 Å². The van der Waals surface area contributed by atoms with Gasteiger partial charge in [-0.15, -0.1) is 23.5 Å². The average molecular weight is 277 g/mol. The summed E-state index contributed by atoms with van der Waals surface area (Å²) in [6.07, 6.45) is 1.49. The number of thioether (sulfide) groups is 2. The Labute approximate surface area is 118 Å². The van der Waals surface area contributed by atoms with Crippen LogP contribution in [0.1, 0.15) is 12.0 Å². The molecule has 96 valence electrons. The molecule has 2 bridgehead atoms. The fourth-order valence-corrected chi connectivity index (χ4v) is 7.60. The van der Waals surface area contributed by atoms with Gasteiger partial charge in [-0.2, -0.15) is 0 Å². The van der Waals surface area contributed by atoms with Crippen molar-refractivity contribution in [3.05, 3.63) is 35.9 Å². The third-order valence-corrected chi connectivity index (χ3v) is 8.67. The Balaban J connectivity index is 1.44. The standard InChI is InChI=1S/C15H19NS2/c1-2-4-12(5-3-1)9-16-10-13-8-14(11-16)15(13)17-6-7-18-15/h1-5,13-14H,6-11H2. The van der Waals surface area contributed by atoms with E-state index in [9.17, 15) is 0 Å². The third-order valence-electron chi connectivity index (χ3n) is 4.65. The molecule has 0 amide bonds. The molecule has 4 aliphatic rings. The van der Waals surface area contributed by atoms with Crippen molar-refractivity contribution in [1.29, 1.82) is 0 Å². The van der Waals surface area contributed by atoms with Gasteiger partial charge in [0.15, 0.2) is 0 Å². The molecule has 0 radical (unpaired) electrons. The molecule has 3 heterocycles. The maximum absolute atomic E-state index is 2.68. The van der Waals surface area contributed by atoms with Crippen LogP contribution in [0.5, 0.6) is 0 Å². The Bertz CT molecular complexity index is 413. The molecule has 1 nitrogen and oxygen atoms in total. The maximum atomic E-state index is 2.68. The van der Waals surface area contributed by atoms with E-state index in [1.165, 1.54) is 36.6 Å². The van der Waals surface area contributed by atoms with Gasteiger partial charge in [-0.25, -0.2) is 0 Å². The lowest BCUT2D eigenvalue weighted by atomic mass is 9.69. The van der Waals surface area contributed by atoms with Crippen LogP contribution in [0.4, 0.5) is 0 Å². The highest BCUT2D eigenvalue weighted by molar-refractivity contribution is 8.21. The zero-order valence-electron chi connectivity index (χ0n) is 10.5. The number of nitrogens with zero attached hydrogens (tertiary/aromatic N) is 1. The molecule has 18 heavy (non-hydrogen) atoms. The van der Waals surface area contributed by atoms with E-state index in [1.54, 1.807) is 0 Å². The van der Waals surface area contributed by atoms with Crippen LogP contribution in [-0.4, -0.2) is 33.6 Å². The van der Waals surface area contributed by atoms with Gasteiger partial charge in [0.2, 0.25) is 0 Å². The highest BCUT2D eigenvalue weighted by Gasteiger charge is 2.60. The van der Waals surface area contributed by atoms with Crippen LogP contribution in [0.25, 0.3) is 0 Å². The molecule has 1 aromatic carbocycles. The number of fused-ring (bicyclic) bond motifs is 2. The second-order valence-electron chi connectivity index (χ2n) is 5.73. The minimum atomic E-state index is 0.646. The maximum Gasteiger partial charge on any atom is 0.0692 e. The van der Waals surface area contributed by atoms with Crippen molar-refractivity contribution in [2.45, 2.75) is 17.0 Å². The minimum Gasteiger partial charge on any atom is -0.298 e. The van der Waals surface area contributed by atoms with Crippen molar-refractivity contribution in [3.8, 4) is 0 Å². The summed E-state index contributed by atoms with van der Waals surface area (Å²) in [4.78, 5) is 2.68. The molecule has 0 N–H and O–H groups in total. The molecular formula is C15H19NS2. The molecule has 0 aromatic heterocycles. The quantitative estimate of drug-likeness (QED) is 0.816. The Hall–Kier alpha value is -0.120. The highest BCUT2D eigenvalue weighted by Crippen LogP contribution is 2.65. The molecule has 3 heteroatoms. The van der Waals surface area contributed by atoms with E-state index in [-0.39, 0.29) is 0 Å². The summed E-state index contributed by atoms with van der Waals surface area (Å²) in [5.74, 6) is 4.68. The summed E-state index contributed by atoms with van der Waals surface area (Å²) in [6.45, 7) is 3.80. The van der Waals surface area contributed by atoms with Crippen molar-refractivity contribution in [1.82, 2.24) is 4.90 Å². The van der Waals surface area contributed by atoms with Crippen molar-refractivity contribution < 1.29 is 0 Å². The van der Waals surface area contributed by atoms with Gasteiger partial charge in [0.25, 0.3) is 0 Å². The van der Waals surface area contributed by atoms with Gasteiger partial charge in [-0.05, 0) is 23.8 Å². The van der Waals surface area contributed by atoms with E-state index < -0.39 is 0 Å². The van der Waals surface area contributed by atoms with Crippen molar-refractivity contribution in [3.63, 3.8) is 0 Å². The van der Waals surface area contributed by atoms with Gasteiger partial charge in [-0.3, -0.25) is 4.90 Å². The van der Waals surface area contributed by atoms with Crippen LogP contribution in [0.3, 0.4) is 0 Å². The molecular weight excluding hydrogens is 258 g/mol. The average Bonchev–Trinajstić information content (AvgIpc) is 2.92. The van der Waals surface area contributed by atoms with Gasteiger partial charge in [0.1, 0.15) is 0 Å². The third kappa shape index (κ3) is 1.75. The first-order chi connectivity index (χ1) is 8.87. The number of benzene rings is 1. The smallest absolute Gasteiger partial charge is 0.0692 e. The summed E-state index contributed by atoms with van der Waals surface area (Å²) in [7, 11) is 0. The molecule has 3 aliphatic heterocycles. The number of rotatable bonds is 2. The van der Waals surface area contributed by atoms with E-state index in [4.69, 9.17) is 0 Å². The van der Waals surface area contributed by atoms with Crippen LogP contribution >= 0.6 is 23.5 Å². The predicted molar refractivity (Wildman–Crippen MR) is 81.0 cm³/mol. The van der Waals surface area contributed by atoms with Crippen molar-refractivity contribution in [2.24, 2.45) is 11.8 Å². The minimum absolute atomic E-state index is 0.646. The monoisotopic (exact) mass is 277 g/mol. The Morgan fingerprint density at radius 1 is 1.06 bits per heavy atom. The molecule has 2 unspecified atom stereocenters. The molecule has 2 atom stereocenters. The van der Waals surface area contributed by atoms with E-state index >= 15 is 0 Å². The Kier molecular flexibility index (Phi) is 2.90. The lowest BCUT2D eigenvalue weighted by molar-refractivity contribution is 0.0180. The Morgan fingerprint density at radius 2 is 1.72 bits per heavy atom. The molecule has 1 aromatic rings. The van der Waals surface area contributed by atoms with E-state index in [2.05, 4.69) is 58.8 Å². The molecule has 1 aliphatic carbocycles. The fraction of sp³-hybridized carbons (Fsp3) is 0.600. The number of hydrogen-bond acceptors (Lipinski definition) is 3. The van der Waals surface area contributed by atoms with E-state index in [0.717, 1.165) is 18.4 Å². The number of piperidine rings is 2. The van der Waals surface area contributed by atoms with Crippen LogP contribution in [0.15, 0.2) is 30.3 Å². The molecule has 5 rings (SSSR count). The van der Waals surface area contributed by atoms with Crippen LogP contribution in [-0.2, 0) is 6.54 Å². The molecule has 4 fully saturated rings. The van der Waals surface area contributed by atoms with Gasteiger partial charge < -0.3 is 0 Å². The van der Waals surface area contributed by atoms with Crippen molar-refractivity contribution in [2.75, 3.05) is 24.6 Å². The second kappa shape index (κ2) is 4.46. The zero-order chi connectivity index (χ0) is 12.0. The highest BCUT2D eigenvalue weighted by atomic mass is 32.2. The first kappa shape index (κ1) is 11.7. The largest absolute Gasteiger partial charge is 0.298 e. The van der Waals surface area contributed by atoms with Crippen LogP contribution < -0.4 is 0 Å². The zero-order valence-corrected chi connectivity index (χ0v) is 12.2. The van der Waals surface area contributed by atoms with E-state index in [1.807, 2.05) is 0 Å². The van der Waals surface area contributed by atoms with Crippen LogP contribution in [0.2, 0.25) is 0 Å². The van der Waals surface area contributed by atoms with Crippen molar-refractivity contribution >= 4 is 23.5 Å². The Morgan fingerprint density at radius 3 is 2.39 bits per heavy atom. The van der Waals surface area contributed by atoms with Gasteiger partial charge >= 0.3 is 0 Å². The summed E-state index contributed by atoms with van der Waals surface area (Å²) >= 11 is 4.54. The molecule has 1 saturated carbocycles. The van der Waals surface area contributed by atoms with Crippen LogP contribution in [0, 0.1) is 11.8 Å². The first-order valence-corrected chi connectivity index (χ1v) is 8.88. The fourth-order valence-electron chi connectivity index (χ4n) is 3.83. The lowest BCUT2D eigenvalue weighted by Gasteiger charge is -2.59. The summed E-state index contributed by atoms with van der Waals surface area (Å²) < 4.78 is 0.646. The lowest BCUT2D eigenvalue weighted by Crippen LogP contribution is -2.62. The second-order valence-corrected chi connectivity index (χ2v) is 8.73. The predicted octanol–water partition coefficient (Wildman–Crippen LogP) is 3.31.